The molecule has 2 saturated heterocycles. The fourth-order valence-corrected chi connectivity index (χ4v) is 6.05. The summed E-state index contributed by atoms with van der Waals surface area (Å²) in [5, 5.41) is 3.05. The van der Waals surface area contributed by atoms with Crippen LogP contribution in [-0.4, -0.2) is 58.5 Å². The molecule has 3 unspecified atom stereocenters. The minimum atomic E-state index is -0.340. The zero-order valence-electron chi connectivity index (χ0n) is 20.1. The van der Waals surface area contributed by atoms with E-state index in [9.17, 15) is 9.18 Å². The summed E-state index contributed by atoms with van der Waals surface area (Å²) in [6.45, 7) is 4.65. The highest BCUT2D eigenvalue weighted by molar-refractivity contribution is 5.69. The van der Waals surface area contributed by atoms with Crippen LogP contribution in [0.2, 0.25) is 0 Å². The quantitative estimate of drug-likeness (QED) is 0.671. The van der Waals surface area contributed by atoms with E-state index >= 15 is 0 Å². The molecule has 186 valence electrons. The fourth-order valence-electron chi connectivity index (χ4n) is 6.05. The highest BCUT2D eigenvalue weighted by Crippen LogP contribution is 2.54. The molecule has 1 amide bonds. The first kappa shape index (κ1) is 22.5. The van der Waals surface area contributed by atoms with Crippen molar-refractivity contribution in [1.29, 1.82) is 0 Å². The smallest absolute Gasteiger partial charge is 0.410 e. The molecule has 4 fully saturated rings. The second kappa shape index (κ2) is 8.93. The number of nitrogens with zero attached hydrogens (tertiary/aromatic N) is 3. The van der Waals surface area contributed by atoms with Crippen molar-refractivity contribution in [3.8, 4) is 5.88 Å². The van der Waals surface area contributed by atoms with Crippen LogP contribution in [0.25, 0.3) is 0 Å². The number of carbonyl (C=O) groups is 1. The van der Waals surface area contributed by atoms with E-state index in [1.165, 1.54) is 31.7 Å². The molecular formula is C26H31FN4O4. The Labute approximate surface area is 204 Å². The Hall–Kier alpha value is -2.94. The molecule has 0 radical (unpaired) electrons. The SMILES string of the molecule is Cc1ccc(Nc2ncnc(OC3CC4COCC(C3)N4C(=O)OC3[C@H]4CCC[C@@H]34)c2C)c(F)c1. The van der Waals surface area contributed by atoms with Crippen molar-refractivity contribution in [2.24, 2.45) is 11.8 Å². The Morgan fingerprint density at radius 1 is 1.14 bits per heavy atom. The van der Waals surface area contributed by atoms with Crippen molar-refractivity contribution in [2.45, 2.75) is 70.2 Å². The minimum absolute atomic E-state index is 0.0833. The van der Waals surface area contributed by atoms with Gasteiger partial charge in [-0.2, -0.15) is 0 Å². The molecule has 5 atom stereocenters. The van der Waals surface area contributed by atoms with Crippen LogP contribution < -0.4 is 10.1 Å². The zero-order valence-corrected chi connectivity index (χ0v) is 20.1. The highest BCUT2D eigenvalue weighted by atomic mass is 19.1. The highest BCUT2D eigenvalue weighted by Gasteiger charge is 2.56. The van der Waals surface area contributed by atoms with Gasteiger partial charge < -0.3 is 19.5 Å². The second-order valence-electron chi connectivity index (χ2n) is 10.3. The summed E-state index contributed by atoms with van der Waals surface area (Å²) in [6, 6.07) is 4.84. The number of rotatable bonds is 5. The van der Waals surface area contributed by atoms with Gasteiger partial charge in [-0.3, -0.25) is 4.90 Å². The molecule has 6 rings (SSSR count). The number of aromatic nitrogens is 2. The first-order valence-corrected chi connectivity index (χ1v) is 12.6. The van der Waals surface area contributed by atoms with Gasteiger partial charge in [-0.05, 0) is 44.4 Å². The molecule has 2 saturated carbocycles. The average molecular weight is 483 g/mol. The summed E-state index contributed by atoms with van der Waals surface area (Å²) < 4.78 is 32.3. The molecule has 3 heterocycles. The third-order valence-corrected chi connectivity index (χ3v) is 7.95. The Morgan fingerprint density at radius 2 is 1.89 bits per heavy atom. The van der Waals surface area contributed by atoms with Gasteiger partial charge in [-0.15, -0.1) is 0 Å². The number of carbonyl (C=O) groups excluding carboxylic acids is 1. The number of hydrogen-bond acceptors (Lipinski definition) is 7. The lowest BCUT2D eigenvalue weighted by Crippen LogP contribution is -2.61. The molecular weight excluding hydrogens is 451 g/mol. The second-order valence-corrected chi connectivity index (χ2v) is 10.3. The molecule has 2 aliphatic heterocycles. The van der Waals surface area contributed by atoms with E-state index in [0.29, 0.717) is 60.8 Å². The maximum absolute atomic E-state index is 14.3. The summed E-state index contributed by atoms with van der Waals surface area (Å²) in [4.78, 5) is 23.5. The normalized spacial score (nSPS) is 31.0. The number of amides is 1. The lowest BCUT2D eigenvalue weighted by atomic mass is 9.92. The lowest BCUT2D eigenvalue weighted by molar-refractivity contribution is -0.0924. The van der Waals surface area contributed by atoms with Crippen molar-refractivity contribution >= 4 is 17.6 Å². The first-order chi connectivity index (χ1) is 17.0. The number of anilines is 2. The number of fused-ring (bicyclic) bond motifs is 3. The summed E-state index contributed by atoms with van der Waals surface area (Å²) in [6.07, 6.45) is 6.11. The number of hydrogen-bond donors (Lipinski definition) is 1. The first-order valence-electron chi connectivity index (χ1n) is 12.6. The predicted octanol–water partition coefficient (Wildman–Crippen LogP) is 4.52. The Bertz CT molecular complexity index is 1110. The molecule has 2 aromatic rings. The van der Waals surface area contributed by atoms with E-state index in [-0.39, 0.29) is 36.2 Å². The van der Waals surface area contributed by atoms with Crippen LogP contribution in [0, 0.1) is 31.5 Å². The van der Waals surface area contributed by atoms with E-state index in [1.807, 2.05) is 24.8 Å². The van der Waals surface area contributed by atoms with E-state index in [0.717, 1.165) is 5.56 Å². The van der Waals surface area contributed by atoms with Gasteiger partial charge in [-0.25, -0.2) is 19.2 Å². The largest absolute Gasteiger partial charge is 0.474 e. The molecule has 0 spiro atoms. The molecule has 2 bridgehead atoms. The van der Waals surface area contributed by atoms with Crippen molar-refractivity contribution in [1.82, 2.24) is 14.9 Å². The predicted molar refractivity (Wildman–Crippen MR) is 126 cm³/mol. The van der Waals surface area contributed by atoms with Crippen molar-refractivity contribution in [2.75, 3.05) is 18.5 Å². The fraction of sp³-hybridized carbons (Fsp3) is 0.577. The van der Waals surface area contributed by atoms with Crippen LogP contribution in [0.15, 0.2) is 24.5 Å². The zero-order chi connectivity index (χ0) is 24.1. The van der Waals surface area contributed by atoms with Gasteiger partial charge in [0, 0.05) is 24.7 Å². The molecule has 35 heavy (non-hydrogen) atoms. The summed E-state index contributed by atoms with van der Waals surface area (Å²) >= 11 is 0. The van der Waals surface area contributed by atoms with Crippen LogP contribution in [0.3, 0.4) is 0 Å². The number of morpholine rings is 1. The monoisotopic (exact) mass is 482 g/mol. The summed E-state index contributed by atoms with van der Waals surface area (Å²) in [7, 11) is 0. The molecule has 1 aromatic carbocycles. The summed E-state index contributed by atoms with van der Waals surface area (Å²) in [5.41, 5.74) is 1.90. The number of halogens is 1. The van der Waals surface area contributed by atoms with Crippen molar-refractivity contribution in [3.63, 3.8) is 0 Å². The lowest BCUT2D eigenvalue weighted by Gasteiger charge is -2.47. The third kappa shape index (κ3) is 4.30. The number of nitrogens with one attached hydrogen (secondary N) is 1. The van der Waals surface area contributed by atoms with Gasteiger partial charge in [-0.1, -0.05) is 12.5 Å². The molecule has 9 heteroatoms. The molecule has 1 N–H and O–H groups in total. The average Bonchev–Trinajstić information content (AvgIpc) is 3.22. The Morgan fingerprint density at radius 3 is 2.60 bits per heavy atom. The topological polar surface area (TPSA) is 85.8 Å². The number of aryl methyl sites for hydroxylation is 1. The van der Waals surface area contributed by atoms with Crippen LogP contribution in [0.5, 0.6) is 5.88 Å². The van der Waals surface area contributed by atoms with Crippen LogP contribution in [-0.2, 0) is 9.47 Å². The molecule has 1 aromatic heterocycles. The molecule has 8 nitrogen and oxygen atoms in total. The van der Waals surface area contributed by atoms with Gasteiger partial charge in [0.2, 0.25) is 5.88 Å². The van der Waals surface area contributed by atoms with Crippen molar-refractivity contribution in [3.05, 3.63) is 41.5 Å². The van der Waals surface area contributed by atoms with Crippen LogP contribution in [0.1, 0.15) is 43.2 Å². The minimum Gasteiger partial charge on any atom is -0.474 e. The van der Waals surface area contributed by atoms with Gasteiger partial charge >= 0.3 is 6.09 Å². The van der Waals surface area contributed by atoms with E-state index in [4.69, 9.17) is 14.2 Å². The third-order valence-electron chi connectivity index (χ3n) is 7.95. The van der Waals surface area contributed by atoms with Crippen molar-refractivity contribution < 1.29 is 23.4 Å². The molecule has 2 aliphatic carbocycles. The summed E-state index contributed by atoms with van der Waals surface area (Å²) in [5.74, 6) is 1.77. The molecule has 4 aliphatic rings. The number of ether oxygens (including phenoxy) is 3. The number of piperidine rings is 1. The van der Waals surface area contributed by atoms with E-state index in [1.54, 1.807) is 6.07 Å². The Kier molecular flexibility index (Phi) is 5.75. The van der Waals surface area contributed by atoms with Gasteiger partial charge in [0.05, 0.1) is 36.5 Å². The number of benzene rings is 1. The van der Waals surface area contributed by atoms with Gasteiger partial charge in [0.1, 0.15) is 30.2 Å². The maximum Gasteiger partial charge on any atom is 0.410 e. The van der Waals surface area contributed by atoms with Gasteiger partial charge in [0.25, 0.3) is 0 Å². The maximum atomic E-state index is 14.3. The van der Waals surface area contributed by atoms with Crippen LogP contribution in [0.4, 0.5) is 20.7 Å². The Balaban J connectivity index is 1.12. The van der Waals surface area contributed by atoms with Gasteiger partial charge in [0.15, 0.2) is 0 Å². The van der Waals surface area contributed by atoms with E-state index < -0.39 is 0 Å². The van der Waals surface area contributed by atoms with E-state index in [2.05, 4.69) is 15.3 Å². The standard InChI is InChI=1S/C26H31FN4O4/c1-14-6-7-22(21(27)8-14)30-24-15(2)25(29-13-28-24)34-18-9-16-11-33-12-17(10-18)31(16)26(32)35-23-19-4-3-5-20(19)23/h6-8,13,16-20,23H,3-5,9-12H2,1-2H3,(H,28,29,30)/t16?,17?,18?,19-,20+,23?. The van der Waals surface area contributed by atoms with Crippen LogP contribution >= 0.6 is 0 Å².